The van der Waals surface area contributed by atoms with Gasteiger partial charge in [-0.1, -0.05) is 12.1 Å². The standard InChI is InChI=1S/C19H19NO6S/c1-11-16-10-15(7-8-17(16)26-18(11)19(21)22)27(23,24)20-12(2)13-5-4-6-14(9-13)25-3/h4-10,12,20H,1-3H3,(H,21,22). The largest absolute Gasteiger partial charge is 0.497 e. The van der Waals surface area contributed by atoms with Gasteiger partial charge in [-0.15, -0.1) is 0 Å². The molecule has 0 spiro atoms. The fourth-order valence-electron chi connectivity index (χ4n) is 2.85. The molecule has 0 aliphatic heterocycles. The first-order valence-corrected chi connectivity index (χ1v) is 9.64. The Morgan fingerprint density at radius 2 is 1.96 bits per heavy atom. The minimum atomic E-state index is -3.83. The van der Waals surface area contributed by atoms with Crippen molar-refractivity contribution >= 4 is 27.0 Å². The van der Waals surface area contributed by atoms with E-state index >= 15 is 0 Å². The van der Waals surface area contributed by atoms with Crippen LogP contribution in [0.15, 0.2) is 51.8 Å². The van der Waals surface area contributed by atoms with E-state index in [4.69, 9.17) is 14.3 Å². The van der Waals surface area contributed by atoms with Gasteiger partial charge in [-0.25, -0.2) is 17.9 Å². The van der Waals surface area contributed by atoms with Gasteiger partial charge in [-0.3, -0.25) is 0 Å². The Morgan fingerprint density at radius 3 is 2.63 bits per heavy atom. The number of carboxylic acid groups (broad SMARTS) is 1. The van der Waals surface area contributed by atoms with Crippen LogP contribution in [0.1, 0.15) is 34.6 Å². The average Bonchev–Trinajstić information content (AvgIpc) is 2.98. The fraction of sp³-hybridized carbons (Fsp3) is 0.211. The molecule has 0 aliphatic carbocycles. The molecule has 7 nitrogen and oxygen atoms in total. The molecule has 0 saturated heterocycles. The third-order valence-electron chi connectivity index (χ3n) is 4.34. The molecule has 0 fully saturated rings. The van der Waals surface area contributed by atoms with Gasteiger partial charge in [0.2, 0.25) is 15.8 Å². The number of benzene rings is 2. The number of aromatic carboxylic acids is 1. The number of fused-ring (bicyclic) bond motifs is 1. The predicted octanol–water partition coefficient (Wildman–Crippen LogP) is 3.49. The van der Waals surface area contributed by atoms with Crippen molar-refractivity contribution in [1.29, 1.82) is 0 Å². The van der Waals surface area contributed by atoms with Gasteiger partial charge in [-0.05, 0) is 49.7 Å². The van der Waals surface area contributed by atoms with Crippen molar-refractivity contribution in [2.75, 3.05) is 7.11 Å². The van der Waals surface area contributed by atoms with Gasteiger partial charge >= 0.3 is 5.97 Å². The summed E-state index contributed by atoms with van der Waals surface area (Å²) in [7, 11) is -2.28. The monoisotopic (exact) mass is 389 g/mol. The molecule has 1 heterocycles. The van der Waals surface area contributed by atoms with Gasteiger partial charge in [-0.2, -0.15) is 0 Å². The average molecular weight is 389 g/mol. The van der Waals surface area contributed by atoms with Crippen molar-refractivity contribution in [3.05, 3.63) is 59.4 Å². The van der Waals surface area contributed by atoms with E-state index in [-0.39, 0.29) is 10.7 Å². The van der Waals surface area contributed by atoms with Crippen LogP contribution in [0.25, 0.3) is 11.0 Å². The number of hydrogen-bond acceptors (Lipinski definition) is 5. The van der Waals surface area contributed by atoms with Gasteiger partial charge in [0.15, 0.2) is 0 Å². The number of furan rings is 1. The summed E-state index contributed by atoms with van der Waals surface area (Å²) >= 11 is 0. The number of ether oxygens (including phenoxy) is 1. The molecule has 2 aromatic carbocycles. The zero-order valence-corrected chi connectivity index (χ0v) is 15.8. The van der Waals surface area contributed by atoms with Crippen molar-refractivity contribution in [2.45, 2.75) is 24.8 Å². The lowest BCUT2D eigenvalue weighted by Crippen LogP contribution is -2.26. The highest BCUT2D eigenvalue weighted by Gasteiger charge is 2.22. The van der Waals surface area contributed by atoms with E-state index in [0.717, 1.165) is 5.56 Å². The zero-order chi connectivity index (χ0) is 19.8. The van der Waals surface area contributed by atoms with Crippen molar-refractivity contribution < 1.29 is 27.5 Å². The molecule has 8 heteroatoms. The van der Waals surface area contributed by atoms with Crippen molar-refractivity contribution in [2.24, 2.45) is 0 Å². The van der Waals surface area contributed by atoms with E-state index in [0.29, 0.717) is 22.3 Å². The summed E-state index contributed by atoms with van der Waals surface area (Å²) in [6.07, 6.45) is 0. The second-order valence-corrected chi connectivity index (χ2v) is 7.85. The summed E-state index contributed by atoms with van der Waals surface area (Å²) < 4.78 is 38.6. The zero-order valence-electron chi connectivity index (χ0n) is 15.0. The van der Waals surface area contributed by atoms with Gasteiger partial charge in [0, 0.05) is 17.0 Å². The number of sulfonamides is 1. The number of carbonyl (C=O) groups is 1. The Balaban J connectivity index is 1.94. The highest BCUT2D eigenvalue weighted by Crippen LogP contribution is 2.28. The van der Waals surface area contributed by atoms with Gasteiger partial charge in [0.25, 0.3) is 0 Å². The Morgan fingerprint density at radius 1 is 1.22 bits per heavy atom. The third kappa shape index (κ3) is 3.67. The maximum absolute atomic E-state index is 12.8. The van der Waals surface area contributed by atoms with Crippen LogP contribution >= 0.6 is 0 Å². The first-order valence-electron chi connectivity index (χ1n) is 8.15. The molecule has 0 saturated carbocycles. The molecule has 1 aromatic heterocycles. The molecule has 142 valence electrons. The normalized spacial score (nSPS) is 12.9. The van der Waals surface area contributed by atoms with Crippen LogP contribution in [-0.2, 0) is 10.0 Å². The van der Waals surface area contributed by atoms with E-state index < -0.39 is 22.0 Å². The maximum atomic E-state index is 12.8. The SMILES string of the molecule is COc1cccc(C(C)NS(=O)(=O)c2ccc3oc(C(=O)O)c(C)c3c2)c1. The lowest BCUT2D eigenvalue weighted by molar-refractivity contribution is 0.0664. The smallest absolute Gasteiger partial charge is 0.372 e. The van der Waals surface area contributed by atoms with Crippen LogP contribution in [0.4, 0.5) is 0 Å². The Bertz CT molecular complexity index is 1120. The van der Waals surface area contributed by atoms with Crippen molar-refractivity contribution in [1.82, 2.24) is 4.72 Å². The first-order chi connectivity index (χ1) is 12.7. The highest BCUT2D eigenvalue weighted by molar-refractivity contribution is 7.89. The molecule has 27 heavy (non-hydrogen) atoms. The lowest BCUT2D eigenvalue weighted by Gasteiger charge is -2.15. The Hall–Kier alpha value is -2.84. The van der Waals surface area contributed by atoms with Crippen LogP contribution < -0.4 is 9.46 Å². The molecule has 0 bridgehead atoms. The number of nitrogens with one attached hydrogen (secondary N) is 1. The molecule has 1 unspecified atom stereocenters. The first kappa shape index (κ1) is 18.9. The van der Waals surface area contributed by atoms with E-state index in [2.05, 4.69) is 4.72 Å². The number of aryl methyl sites for hydroxylation is 1. The van der Waals surface area contributed by atoms with Crippen molar-refractivity contribution in [3.63, 3.8) is 0 Å². The number of hydrogen-bond donors (Lipinski definition) is 2. The maximum Gasteiger partial charge on any atom is 0.372 e. The van der Waals surface area contributed by atoms with Gasteiger partial charge < -0.3 is 14.3 Å². The summed E-state index contributed by atoms with van der Waals surface area (Å²) in [6, 6.07) is 10.9. The highest BCUT2D eigenvalue weighted by atomic mass is 32.2. The number of rotatable bonds is 6. The van der Waals surface area contributed by atoms with E-state index in [1.54, 1.807) is 45.2 Å². The molecular formula is C19H19NO6S. The molecule has 1 atom stereocenters. The molecule has 0 amide bonds. The minimum Gasteiger partial charge on any atom is -0.497 e. The molecule has 2 N–H and O–H groups in total. The molecule has 3 aromatic rings. The van der Waals surface area contributed by atoms with Crippen LogP contribution in [0, 0.1) is 6.92 Å². The van der Waals surface area contributed by atoms with Crippen LogP contribution in [0.2, 0.25) is 0 Å². The topological polar surface area (TPSA) is 106 Å². The Kier molecular flexibility index (Phi) is 4.95. The van der Waals surface area contributed by atoms with Crippen LogP contribution in [0.3, 0.4) is 0 Å². The van der Waals surface area contributed by atoms with Crippen molar-refractivity contribution in [3.8, 4) is 5.75 Å². The summed E-state index contributed by atoms with van der Waals surface area (Å²) in [5, 5.41) is 9.60. The minimum absolute atomic E-state index is 0.0329. The molecule has 3 rings (SSSR count). The van der Waals surface area contributed by atoms with Crippen LogP contribution in [0.5, 0.6) is 5.75 Å². The summed E-state index contributed by atoms with van der Waals surface area (Å²) in [6.45, 7) is 3.31. The van der Waals surface area contributed by atoms with E-state index in [1.165, 1.54) is 18.2 Å². The third-order valence-corrected chi connectivity index (χ3v) is 5.88. The van der Waals surface area contributed by atoms with Gasteiger partial charge in [0.1, 0.15) is 11.3 Å². The summed E-state index contributed by atoms with van der Waals surface area (Å²) in [5.74, 6) is -0.759. The predicted molar refractivity (Wildman–Crippen MR) is 99.6 cm³/mol. The number of carboxylic acids is 1. The van der Waals surface area contributed by atoms with E-state index in [1.807, 2.05) is 0 Å². The molecule has 0 aliphatic rings. The lowest BCUT2D eigenvalue weighted by atomic mass is 10.1. The van der Waals surface area contributed by atoms with Crippen LogP contribution in [-0.4, -0.2) is 26.6 Å². The second kappa shape index (κ2) is 7.05. The molecule has 0 radical (unpaired) electrons. The van der Waals surface area contributed by atoms with Gasteiger partial charge in [0.05, 0.1) is 12.0 Å². The molecular weight excluding hydrogens is 370 g/mol. The summed E-state index contributed by atoms with van der Waals surface area (Å²) in [5.41, 5.74) is 1.46. The quantitative estimate of drug-likeness (QED) is 0.668. The Labute approximate surface area is 156 Å². The fourth-order valence-corrected chi connectivity index (χ4v) is 4.11. The van der Waals surface area contributed by atoms with E-state index in [9.17, 15) is 13.2 Å². The second-order valence-electron chi connectivity index (χ2n) is 6.14. The number of methoxy groups -OCH3 is 1. The summed E-state index contributed by atoms with van der Waals surface area (Å²) in [4.78, 5) is 11.2.